The van der Waals surface area contributed by atoms with Gasteiger partial charge in [-0.05, 0) is 42.3 Å². The van der Waals surface area contributed by atoms with Crippen LogP contribution in [0.15, 0.2) is 30.5 Å². The molecule has 0 radical (unpaired) electrons. The molecule has 3 rings (SSSR count). The molecule has 0 amide bonds. The lowest BCUT2D eigenvalue weighted by Gasteiger charge is -2.13. The first-order valence-electron chi connectivity index (χ1n) is 6.47. The van der Waals surface area contributed by atoms with E-state index in [1.807, 2.05) is 6.20 Å². The molecule has 96 valence electrons. The van der Waals surface area contributed by atoms with Gasteiger partial charge in [0, 0.05) is 31.1 Å². The molecule has 0 saturated heterocycles. The maximum atomic E-state index is 13.2. The molecule has 2 aromatic rings. The third kappa shape index (κ3) is 2.14. The molecule has 1 aliphatic carbocycles. The van der Waals surface area contributed by atoms with Crippen molar-refractivity contribution in [1.29, 1.82) is 0 Å². The molecule has 1 unspecified atom stereocenters. The van der Waals surface area contributed by atoms with E-state index in [-0.39, 0.29) is 18.8 Å². The topological polar surface area (TPSA) is 4.93 Å². The number of alkyl halides is 2. The number of aromatic nitrogens is 1. The molecule has 0 N–H and O–H groups in total. The molecule has 1 aliphatic rings. The smallest absolute Gasteiger partial charge is 0.248 e. The lowest BCUT2D eigenvalue weighted by atomic mass is 10.1. The number of hydrogen-bond donors (Lipinski definition) is 0. The van der Waals surface area contributed by atoms with Crippen LogP contribution in [0.2, 0.25) is 0 Å². The van der Waals surface area contributed by atoms with E-state index in [4.69, 9.17) is 0 Å². The average Bonchev–Trinajstić information content (AvgIpc) is 2.84. The van der Waals surface area contributed by atoms with E-state index in [0.717, 1.165) is 5.52 Å². The molecular formula is C15H17F2N. The summed E-state index contributed by atoms with van der Waals surface area (Å²) in [6, 6.07) is 8.35. The Morgan fingerprint density at radius 3 is 2.89 bits per heavy atom. The van der Waals surface area contributed by atoms with E-state index in [1.165, 1.54) is 10.9 Å². The number of hydrogen-bond acceptors (Lipinski definition) is 0. The Labute approximate surface area is 105 Å². The van der Waals surface area contributed by atoms with Gasteiger partial charge in [-0.2, -0.15) is 0 Å². The van der Waals surface area contributed by atoms with E-state index in [1.54, 1.807) is 0 Å². The number of fused-ring (bicyclic) bond motifs is 1. The summed E-state index contributed by atoms with van der Waals surface area (Å²) in [6.45, 7) is 2.77. The monoisotopic (exact) mass is 249 g/mol. The zero-order valence-corrected chi connectivity index (χ0v) is 10.5. The van der Waals surface area contributed by atoms with Crippen molar-refractivity contribution < 1.29 is 8.78 Å². The number of halogens is 2. The molecule has 1 fully saturated rings. The Bertz CT molecular complexity index is 571. The van der Waals surface area contributed by atoms with Crippen LogP contribution in [0.1, 0.15) is 24.8 Å². The van der Waals surface area contributed by atoms with Gasteiger partial charge in [-0.25, -0.2) is 8.78 Å². The summed E-state index contributed by atoms with van der Waals surface area (Å²) in [5.74, 6) is -2.33. The number of benzene rings is 1. The summed E-state index contributed by atoms with van der Waals surface area (Å²) < 4.78 is 28.5. The second kappa shape index (κ2) is 4.08. The zero-order valence-electron chi connectivity index (χ0n) is 10.5. The normalized spacial score (nSPS) is 22.7. The summed E-state index contributed by atoms with van der Waals surface area (Å²) >= 11 is 0. The molecule has 1 heterocycles. The second-order valence-electron chi connectivity index (χ2n) is 5.50. The van der Waals surface area contributed by atoms with Crippen molar-refractivity contribution in [2.75, 3.05) is 0 Å². The fourth-order valence-corrected chi connectivity index (χ4v) is 2.93. The molecule has 1 saturated carbocycles. The van der Waals surface area contributed by atoms with Crippen LogP contribution in [0.25, 0.3) is 10.9 Å². The molecule has 18 heavy (non-hydrogen) atoms. The quantitative estimate of drug-likeness (QED) is 0.744. The minimum Gasteiger partial charge on any atom is -0.347 e. The maximum absolute atomic E-state index is 13.2. The van der Waals surface area contributed by atoms with Crippen molar-refractivity contribution in [2.45, 2.75) is 38.7 Å². The van der Waals surface area contributed by atoms with E-state index in [2.05, 4.69) is 35.8 Å². The molecule has 1 aromatic carbocycles. The highest BCUT2D eigenvalue weighted by atomic mass is 19.3. The Kier molecular flexibility index (Phi) is 2.65. The summed E-state index contributed by atoms with van der Waals surface area (Å²) in [5, 5.41) is 1.19. The molecule has 1 nitrogen and oxygen atoms in total. The number of aryl methyl sites for hydroxylation is 1. The van der Waals surface area contributed by atoms with Crippen LogP contribution < -0.4 is 0 Å². The van der Waals surface area contributed by atoms with Crippen molar-refractivity contribution in [3.63, 3.8) is 0 Å². The molecule has 3 heteroatoms. The van der Waals surface area contributed by atoms with Gasteiger partial charge in [0.25, 0.3) is 0 Å². The highest BCUT2D eigenvalue weighted by molar-refractivity contribution is 5.80. The van der Waals surface area contributed by atoms with Crippen LogP contribution in [0.3, 0.4) is 0 Å². The molecule has 0 bridgehead atoms. The lowest BCUT2D eigenvalue weighted by Crippen LogP contribution is -2.12. The van der Waals surface area contributed by atoms with Gasteiger partial charge in [-0.3, -0.25) is 0 Å². The van der Waals surface area contributed by atoms with Crippen LogP contribution >= 0.6 is 0 Å². The zero-order chi connectivity index (χ0) is 12.8. The summed E-state index contributed by atoms with van der Waals surface area (Å²) in [6.07, 6.45) is 2.74. The van der Waals surface area contributed by atoms with Gasteiger partial charge in [-0.1, -0.05) is 12.1 Å². The average molecular weight is 249 g/mol. The first kappa shape index (κ1) is 11.7. The molecule has 0 aliphatic heterocycles. The number of rotatable bonds is 2. The van der Waals surface area contributed by atoms with Crippen molar-refractivity contribution in [3.05, 3.63) is 36.0 Å². The van der Waals surface area contributed by atoms with E-state index in [9.17, 15) is 8.78 Å². The van der Waals surface area contributed by atoms with Crippen LogP contribution in [0, 0.1) is 12.8 Å². The fourth-order valence-electron chi connectivity index (χ4n) is 2.93. The molecule has 1 atom stereocenters. The Balaban J connectivity index is 1.85. The Hall–Kier alpha value is -1.38. The van der Waals surface area contributed by atoms with E-state index < -0.39 is 5.92 Å². The second-order valence-corrected chi connectivity index (χ2v) is 5.50. The van der Waals surface area contributed by atoms with Gasteiger partial charge in [0.15, 0.2) is 0 Å². The predicted octanol–water partition coefficient (Wildman–Crippen LogP) is 4.39. The lowest BCUT2D eigenvalue weighted by molar-refractivity contribution is 0.00441. The van der Waals surface area contributed by atoms with Crippen LogP contribution in [-0.2, 0) is 6.54 Å². The van der Waals surface area contributed by atoms with Crippen molar-refractivity contribution in [1.82, 2.24) is 4.57 Å². The van der Waals surface area contributed by atoms with Gasteiger partial charge in [0.1, 0.15) is 0 Å². The van der Waals surface area contributed by atoms with E-state index in [0.29, 0.717) is 13.0 Å². The molecule has 0 spiro atoms. The number of nitrogens with zero attached hydrogens (tertiary/aromatic N) is 1. The van der Waals surface area contributed by atoms with Crippen LogP contribution in [0.4, 0.5) is 8.78 Å². The highest BCUT2D eigenvalue weighted by Gasteiger charge is 2.39. The summed E-state index contributed by atoms with van der Waals surface area (Å²) in [7, 11) is 0. The third-order valence-corrected chi connectivity index (χ3v) is 3.89. The highest BCUT2D eigenvalue weighted by Crippen LogP contribution is 2.39. The third-order valence-electron chi connectivity index (χ3n) is 3.89. The van der Waals surface area contributed by atoms with Crippen molar-refractivity contribution in [3.8, 4) is 0 Å². The maximum Gasteiger partial charge on any atom is 0.248 e. The minimum absolute atomic E-state index is 0.0402. The van der Waals surface area contributed by atoms with Crippen molar-refractivity contribution in [2.24, 2.45) is 5.92 Å². The van der Waals surface area contributed by atoms with Gasteiger partial charge < -0.3 is 4.57 Å². The Morgan fingerprint density at radius 1 is 1.33 bits per heavy atom. The summed E-state index contributed by atoms with van der Waals surface area (Å²) in [5.41, 5.74) is 2.37. The van der Waals surface area contributed by atoms with Gasteiger partial charge in [0.05, 0.1) is 0 Å². The first-order chi connectivity index (χ1) is 8.53. The molecular weight excluding hydrogens is 232 g/mol. The predicted molar refractivity (Wildman–Crippen MR) is 69.0 cm³/mol. The van der Waals surface area contributed by atoms with Gasteiger partial charge >= 0.3 is 0 Å². The van der Waals surface area contributed by atoms with Gasteiger partial charge in [0.2, 0.25) is 5.92 Å². The van der Waals surface area contributed by atoms with Crippen LogP contribution in [0.5, 0.6) is 0 Å². The largest absolute Gasteiger partial charge is 0.347 e. The summed E-state index contributed by atoms with van der Waals surface area (Å²) in [4.78, 5) is 0. The SMILES string of the molecule is Cc1ccc2ccn(CC3CCC(F)(F)C3)c2c1. The van der Waals surface area contributed by atoms with E-state index >= 15 is 0 Å². The fraction of sp³-hybridized carbons (Fsp3) is 0.467. The first-order valence-corrected chi connectivity index (χ1v) is 6.47. The van der Waals surface area contributed by atoms with Crippen LogP contribution in [-0.4, -0.2) is 10.5 Å². The van der Waals surface area contributed by atoms with Crippen molar-refractivity contribution >= 4 is 10.9 Å². The standard InChI is InChI=1S/C15H17F2N/c1-11-2-3-13-5-7-18(14(13)8-11)10-12-4-6-15(16,17)9-12/h2-3,5,7-8,12H,4,6,9-10H2,1H3. The van der Waals surface area contributed by atoms with Gasteiger partial charge in [-0.15, -0.1) is 0 Å². The Morgan fingerprint density at radius 2 is 2.17 bits per heavy atom. The molecule has 1 aromatic heterocycles. The minimum atomic E-state index is -2.44.